The van der Waals surface area contributed by atoms with Crippen molar-refractivity contribution in [1.82, 2.24) is 10.4 Å². The van der Waals surface area contributed by atoms with E-state index in [4.69, 9.17) is 0 Å². The Hall–Kier alpha value is -1.35. The standard InChI is InChI=1S/C17H24N2O/c1-16(2)9-14-10-17(3,11-16)12-19(14)18-15(20)13-7-5-4-6-8-13/h4-8,14H,9-12H2,1-3H3,(H,18,20). The molecule has 1 heterocycles. The highest BCUT2D eigenvalue weighted by atomic mass is 16.2. The summed E-state index contributed by atoms with van der Waals surface area (Å²) >= 11 is 0. The zero-order valence-electron chi connectivity index (χ0n) is 12.6. The van der Waals surface area contributed by atoms with Crippen LogP contribution >= 0.6 is 0 Å². The van der Waals surface area contributed by atoms with Gasteiger partial charge < -0.3 is 0 Å². The summed E-state index contributed by atoms with van der Waals surface area (Å²) in [5.74, 6) is 0.0135. The summed E-state index contributed by atoms with van der Waals surface area (Å²) in [5.41, 5.74) is 4.58. The van der Waals surface area contributed by atoms with Gasteiger partial charge in [0.2, 0.25) is 0 Å². The minimum absolute atomic E-state index is 0.0135. The molecule has 0 aromatic heterocycles. The second-order valence-electron chi connectivity index (χ2n) is 7.65. The summed E-state index contributed by atoms with van der Waals surface area (Å²) in [6.07, 6.45) is 3.61. The average molecular weight is 272 g/mol. The van der Waals surface area contributed by atoms with Crippen molar-refractivity contribution in [1.29, 1.82) is 0 Å². The van der Waals surface area contributed by atoms with E-state index in [2.05, 4.69) is 31.2 Å². The van der Waals surface area contributed by atoms with Crippen LogP contribution in [-0.2, 0) is 0 Å². The van der Waals surface area contributed by atoms with Crippen LogP contribution in [0.15, 0.2) is 30.3 Å². The molecule has 2 bridgehead atoms. The van der Waals surface area contributed by atoms with Gasteiger partial charge in [-0.2, -0.15) is 0 Å². The Balaban J connectivity index is 1.72. The second kappa shape index (κ2) is 4.59. The van der Waals surface area contributed by atoms with Crippen LogP contribution in [0.25, 0.3) is 0 Å². The molecule has 1 amide bonds. The summed E-state index contributed by atoms with van der Waals surface area (Å²) in [6.45, 7) is 8.02. The molecule has 1 aliphatic carbocycles. The van der Waals surface area contributed by atoms with E-state index in [9.17, 15) is 4.79 Å². The third-order valence-electron chi connectivity index (χ3n) is 4.70. The normalized spacial score (nSPS) is 32.0. The van der Waals surface area contributed by atoms with Gasteiger partial charge in [0.1, 0.15) is 0 Å². The minimum atomic E-state index is 0.0135. The van der Waals surface area contributed by atoms with Gasteiger partial charge in [0, 0.05) is 18.2 Å². The molecular weight excluding hydrogens is 248 g/mol. The molecule has 108 valence electrons. The Bertz CT molecular complexity index is 511. The number of amides is 1. The number of nitrogens with zero attached hydrogens (tertiary/aromatic N) is 1. The first-order valence-electron chi connectivity index (χ1n) is 7.50. The highest BCUT2D eigenvalue weighted by molar-refractivity contribution is 5.93. The molecule has 1 saturated carbocycles. The maximum atomic E-state index is 12.3. The largest absolute Gasteiger partial charge is 0.284 e. The maximum Gasteiger partial charge on any atom is 0.265 e. The number of nitrogens with one attached hydrogen (secondary N) is 1. The molecule has 20 heavy (non-hydrogen) atoms. The van der Waals surface area contributed by atoms with E-state index < -0.39 is 0 Å². The average Bonchev–Trinajstić information content (AvgIpc) is 2.59. The topological polar surface area (TPSA) is 32.3 Å². The fraction of sp³-hybridized carbons (Fsp3) is 0.588. The van der Waals surface area contributed by atoms with E-state index in [1.165, 1.54) is 12.8 Å². The lowest BCUT2D eigenvalue weighted by atomic mass is 9.65. The van der Waals surface area contributed by atoms with Crippen molar-refractivity contribution >= 4 is 5.91 Å². The van der Waals surface area contributed by atoms with Crippen molar-refractivity contribution in [3.05, 3.63) is 35.9 Å². The third kappa shape index (κ3) is 2.59. The van der Waals surface area contributed by atoms with Crippen LogP contribution < -0.4 is 5.43 Å². The summed E-state index contributed by atoms with van der Waals surface area (Å²) < 4.78 is 0. The molecule has 2 fully saturated rings. The number of fused-ring (bicyclic) bond motifs is 2. The van der Waals surface area contributed by atoms with E-state index in [1.807, 2.05) is 30.3 Å². The molecule has 1 aromatic rings. The fourth-order valence-electron chi connectivity index (χ4n) is 4.38. The van der Waals surface area contributed by atoms with Crippen LogP contribution in [-0.4, -0.2) is 23.5 Å². The van der Waals surface area contributed by atoms with Crippen LogP contribution in [0, 0.1) is 10.8 Å². The van der Waals surface area contributed by atoms with Gasteiger partial charge in [0.05, 0.1) is 0 Å². The molecule has 1 saturated heterocycles. The SMILES string of the molecule is CC1(C)CC2CC(C)(CN2NC(=O)c2ccccc2)C1. The van der Waals surface area contributed by atoms with E-state index >= 15 is 0 Å². The Morgan fingerprint density at radius 2 is 1.90 bits per heavy atom. The molecular formula is C17H24N2O. The molecule has 3 heteroatoms. The fourth-order valence-corrected chi connectivity index (χ4v) is 4.38. The Morgan fingerprint density at radius 3 is 2.60 bits per heavy atom. The number of hydrogen-bond donors (Lipinski definition) is 1. The lowest BCUT2D eigenvalue weighted by molar-refractivity contribution is 0.0723. The van der Waals surface area contributed by atoms with Crippen molar-refractivity contribution in [2.24, 2.45) is 10.8 Å². The van der Waals surface area contributed by atoms with Gasteiger partial charge in [-0.25, -0.2) is 5.01 Å². The maximum absolute atomic E-state index is 12.3. The highest BCUT2D eigenvalue weighted by Gasteiger charge is 2.50. The smallest absolute Gasteiger partial charge is 0.265 e. The van der Waals surface area contributed by atoms with Crippen LogP contribution in [0.3, 0.4) is 0 Å². The summed E-state index contributed by atoms with van der Waals surface area (Å²) in [4.78, 5) is 12.3. The van der Waals surface area contributed by atoms with Crippen LogP contribution in [0.1, 0.15) is 50.4 Å². The van der Waals surface area contributed by atoms with Gasteiger partial charge in [-0.05, 0) is 42.2 Å². The van der Waals surface area contributed by atoms with Gasteiger partial charge in [-0.1, -0.05) is 39.0 Å². The number of hydrazine groups is 1. The third-order valence-corrected chi connectivity index (χ3v) is 4.70. The lowest BCUT2D eigenvalue weighted by Gasteiger charge is -2.39. The van der Waals surface area contributed by atoms with E-state index in [-0.39, 0.29) is 5.91 Å². The second-order valence-corrected chi connectivity index (χ2v) is 7.65. The first kappa shape index (κ1) is 13.6. The van der Waals surface area contributed by atoms with Crippen LogP contribution in [0.5, 0.6) is 0 Å². The lowest BCUT2D eigenvalue weighted by Crippen LogP contribution is -2.45. The highest BCUT2D eigenvalue weighted by Crippen LogP contribution is 2.51. The molecule has 3 rings (SSSR count). The number of hydrogen-bond acceptors (Lipinski definition) is 2. The van der Waals surface area contributed by atoms with Crippen molar-refractivity contribution in [2.75, 3.05) is 6.54 Å². The zero-order valence-corrected chi connectivity index (χ0v) is 12.6. The first-order valence-corrected chi connectivity index (χ1v) is 7.50. The van der Waals surface area contributed by atoms with E-state index in [0.717, 1.165) is 18.5 Å². The van der Waals surface area contributed by atoms with Crippen molar-refractivity contribution in [2.45, 2.75) is 46.1 Å². The number of benzene rings is 1. The van der Waals surface area contributed by atoms with Crippen molar-refractivity contribution in [3.8, 4) is 0 Å². The molecule has 1 aromatic carbocycles. The van der Waals surface area contributed by atoms with Crippen molar-refractivity contribution in [3.63, 3.8) is 0 Å². The Kier molecular flexibility index (Phi) is 3.13. The first-order chi connectivity index (χ1) is 9.37. The quantitative estimate of drug-likeness (QED) is 0.896. The molecule has 0 spiro atoms. The van der Waals surface area contributed by atoms with Crippen molar-refractivity contribution < 1.29 is 4.79 Å². The number of carbonyl (C=O) groups excluding carboxylic acids is 1. The summed E-state index contributed by atoms with van der Waals surface area (Å²) in [7, 11) is 0. The van der Waals surface area contributed by atoms with Gasteiger partial charge in [-0.3, -0.25) is 10.2 Å². The van der Waals surface area contributed by atoms with Gasteiger partial charge in [-0.15, -0.1) is 0 Å². The molecule has 1 N–H and O–H groups in total. The predicted molar refractivity (Wildman–Crippen MR) is 80.1 cm³/mol. The van der Waals surface area contributed by atoms with E-state index in [1.54, 1.807) is 0 Å². The molecule has 2 aliphatic rings. The van der Waals surface area contributed by atoms with Crippen LogP contribution in [0.4, 0.5) is 0 Å². The van der Waals surface area contributed by atoms with Gasteiger partial charge in [0.25, 0.3) is 5.91 Å². The number of carbonyl (C=O) groups is 1. The molecule has 2 atom stereocenters. The minimum Gasteiger partial charge on any atom is -0.284 e. The molecule has 2 unspecified atom stereocenters. The predicted octanol–water partition coefficient (Wildman–Crippen LogP) is 3.23. The van der Waals surface area contributed by atoms with E-state index in [0.29, 0.717) is 16.9 Å². The summed E-state index contributed by atoms with van der Waals surface area (Å²) in [6, 6.07) is 9.95. The molecule has 1 aliphatic heterocycles. The van der Waals surface area contributed by atoms with Crippen LogP contribution in [0.2, 0.25) is 0 Å². The van der Waals surface area contributed by atoms with Gasteiger partial charge >= 0.3 is 0 Å². The molecule has 0 radical (unpaired) electrons. The van der Waals surface area contributed by atoms with Gasteiger partial charge in [0.15, 0.2) is 0 Å². The zero-order chi connectivity index (χ0) is 14.4. The Morgan fingerprint density at radius 1 is 1.20 bits per heavy atom. The molecule has 3 nitrogen and oxygen atoms in total. The monoisotopic (exact) mass is 272 g/mol. The Labute approximate surface area is 121 Å². The number of rotatable bonds is 2. The summed E-state index contributed by atoms with van der Waals surface area (Å²) in [5, 5.41) is 2.18.